The zero-order valence-corrected chi connectivity index (χ0v) is 22.2. The lowest BCUT2D eigenvalue weighted by Gasteiger charge is -2.40. The van der Waals surface area contributed by atoms with Gasteiger partial charge in [-0.15, -0.1) is 0 Å². The van der Waals surface area contributed by atoms with Crippen LogP contribution in [0.5, 0.6) is 0 Å². The van der Waals surface area contributed by atoms with Gasteiger partial charge >= 0.3 is 0 Å². The second-order valence-corrected chi connectivity index (χ2v) is 12.5. The van der Waals surface area contributed by atoms with E-state index in [4.69, 9.17) is 10.2 Å². The van der Waals surface area contributed by atoms with Gasteiger partial charge in [-0.2, -0.15) is 0 Å². The molecule has 0 saturated heterocycles. The average molecular weight is 525 g/mol. The topological polar surface area (TPSA) is 120 Å². The lowest BCUT2D eigenvalue weighted by molar-refractivity contribution is -0.130. The van der Waals surface area contributed by atoms with Gasteiger partial charge in [0.05, 0.1) is 16.9 Å². The van der Waals surface area contributed by atoms with Crippen molar-refractivity contribution in [2.75, 3.05) is 5.75 Å². The zero-order chi connectivity index (χ0) is 26.5. The molecule has 0 spiro atoms. The number of carbonyl (C=O) groups is 2. The summed E-state index contributed by atoms with van der Waals surface area (Å²) in [5.74, 6) is -2.81. The molecule has 0 bridgehead atoms. The lowest BCUT2D eigenvalue weighted by atomic mass is 9.65. The minimum absolute atomic E-state index is 0.102. The molecule has 4 rings (SSSR count). The molecule has 0 radical (unpaired) electrons. The quantitative estimate of drug-likeness (QED) is 0.313. The summed E-state index contributed by atoms with van der Waals surface area (Å²) in [6, 6.07) is 15.9. The summed E-state index contributed by atoms with van der Waals surface area (Å²) in [4.78, 5) is 31.8. The highest BCUT2D eigenvalue weighted by Crippen LogP contribution is 2.44. The third-order valence-electron chi connectivity index (χ3n) is 7.64. The van der Waals surface area contributed by atoms with Crippen LogP contribution in [-0.2, 0) is 20.4 Å². The average Bonchev–Trinajstić information content (AvgIpc) is 3.31. The van der Waals surface area contributed by atoms with Gasteiger partial charge in [0.25, 0.3) is 5.89 Å². The number of oxazole rings is 1. The van der Waals surface area contributed by atoms with E-state index in [1.54, 1.807) is 48.5 Å². The molecule has 1 aliphatic rings. The molecule has 2 atom stereocenters. The predicted octanol–water partition coefficient (Wildman–Crippen LogP) is 5.48. The van der Waals surface area contributed by atoms with Crippen molar-refractivity contribution in [1.29, 1.82) is 0 Å². The molecular weight excluding hydrogens is 488 g/mol. The maximum absolute atomic E-state index is 14.0. The molecule has 7 nitrogen and oxygen atoms in total. The molecule has 1 saturated carbocycles. The number of hydrogen-bond acceptors (Lipinski definition) is 6. The zero-order valence-electron chi connectivity index (χ0n) is 21.4. The van der Waals surface area contributed by atoms with Crippen LogP contribution in [0.15, 0.2) is 59.0 Å². The Labute approximate surface area is 218 Å². The van der Waals surface area contributed by atoms with Crippen LogP contribution in [0.25, 0.3) is 11.1 Å². The van der Waals surface area contributed by atoms with Gasteiger partial charge in [0.2, 0.25) is 11.7 Å². The third-order valence-corrected chi connectivity index (χ3v) is 9.37. The van der Waals surface area contributed by atoms with Gasteiger partial charge in [0.15, 0.2) is 15.4 Å². The van der Waals surface area contributed by atoms with Crippen molar-refractivity contribution < 1.29 is 22.4 Å². The summed E-state index contributed by atoms with van der Waals surface area (Å²) in [6.07, 6.45) is 6.11. The summed E-state index contributed by atoms with van der Waals surface area (Å²) >= 11 is 0. The Balaban J connectivity index is 1.77. The van der Waals surface area contributed by atoms with Gasteiger partial charge in [-0.25, -0.2) is 13.4 Å². The maximum atomic E-state index is 14.0. The minimum atomic E-state index is -3.80. The SMILES string of the molecule is CCC[C@H](C(=O)c1nc2ccccc2o1)C(CC1CCCCC1)(CS(=O)(=O)Cc1ccccc1)C(N)=O. The smallest absolute Gasteiger partial charge is 0.264 e. The molecule has 1 fully saturated rings. The highest BCUT2D eigenvalue weighted by molar-refractivity contribution is 7.90. The molecule has 8 heteroatoms. The maximum Gasteiger partial charge on any atom is 0.264 e. The molecule has 1 unspecified atom stereocenters. The fourth-order valence-electron chi connectivity index (χ4n) is 5.90. The fraction of sp³-hybridized carbons (Fsp3) is 0.483. The number of hydrogen-bond donors (Lipinski definition) is 1. The molecule has 1 amide bonds. The first-order chi connectivity index (χ1) is 17.7. The first kappa shape index (κ1) is 27.0. The molecule has 37 heavy (non-hydrogen) atoms. The predicted molar refractivity (Wildman–Crippen MR) is 143 cm³/mol. The largest absolute Gasteiger partial charge is 0.434 e. The number of fused-ring (bicyclic) bond motifs is 1. The van der Waals surface area contributed by atoms with Gasteiger partial charge in [0.1, 0.15) is 5.52 Å². The minimum Gasteiger partial charge on any atom is -0.434 e. The molecule has 1 aliphatic carbocycles. The summed E-state index contributed by atoms with van der Waals surface area (Å²) in [5, 5.41) is 0. The highest BCUT2D eigenvalue weighted by atomic mass is 32.2. The van der Waals surface area contributed by atoms with Crippen molar-refractivity contribution in [3.63, 3.8) is 0 Å². The van der Waals surface area contributed by atoms with E-state index in [1.807, 2.05) is 13.0 Å². The Morgan fingerprint density at radius 1 is 1.05 bits per heavy atom. The van der Waals surface area contributed by atoms with Crippen LogP contribution >= 0.6 is 0 Å². The summed E-state index contributed by atoms with van der Waals surface area (Å²) in [5.41, 5.74) is 6.19. The number of primary amides is 1. The Morgan fingerprint density at radius 3 is 2.38 bits per heavy atom. The van der Waals surface area contributed by atoms with E-state index in [0.717, 1.165) is 32.1 Å². The fourth-order valence-corrected chi connectivity index (χ4v) is 7.95. The van der Waals surface area contributed by atoms with Crippen LogP contribution in [0.1, 0.15) is 74.5 Å². The van der Waals surface area contributed by atoms with Gasteiger partial charge < -0.3 is 10.2 Å². The number of rotatable bonds is 12. The number of sulfone groups is 1. The van der Waals surface area contributed by atoms with E-state index < -0.39 is 38.6 Å². The summed E-state index contributed by atoms with van der Waals surface area (Å²) < 4.78 is 33.0. The molecule has 0 aliphatic heterocycles. The second-order valence-electron chi connectivity index (χ2n) is 10.4. The van der Waals surface area contributed by atoms with E-state index in [2.05, 4.69) is 4.98 Å². The molecular formula is C29H36N2O5S. The Morgan fingerprint density at radius 2 is 1.73 bits per heavy atom. The second kappa shape index (κ2) is 11.6. The van der Waals surface area contributed by atoms with Crippen molar-refractivity contribution in [1.82, 2.24) is 4.98 Å². The van der Waals surface area contributed by atoms with Crippen LogP contribution in [0.2, 0.25) is 0 Å². The Kier molecular flexibility index (Phi) is 8.47. The van der Waals surface area contributed by atoms with Crippen molar-refractivity contribution in [2.24, 2.45) is 23.0 Å². The number of amides is 1. The first-order valence-corrected chi connectivity index (χ1v) is 15.0. The molecule has 1 aromatic heterocycles. The third kappa shape index (κ3) is 6.29. The molecule has 2 aromatic carbocycles. The van der Waals surface area contributed by atoms with Crippen molar-refractivity contribution in [2.45, 2.75) is 64.0 Å². The number of carbonyl (C=O) groups excluding carboxylic acids is 2. The van der Waals surface area contributed by atoms with Gasteiger partial charge in [-0.3, -0.25) is 9.59 Å². The number of nitrogens with two attached hydrogens (primary N) is 1. The standard InChI is InChI=1S/C29H36N2O5S/c1-2-11-23(26(32)27-31-24-16-9-10-17-25(24)36-27)29(28(30)33,18-21-12-5-3-6-13-21)20-37(34,35)19-22-14-7-4-8-15-22/h4,7-10,14-17,21,23H,2-3,5-6,11-13,18-20H2,1H3,(H2,30,33)/t23-,29?/m1/s1. The molecule has 3 aromatic rings. The van der Waals surface area contributed by atoms with Gasteiger partial charge in [0, 0.05) is 5.92 Å². The lowest BCUT2D eigenvalue weighted by Crippen LogP contribution is -2.52. The van der Waals surface area contributed by atoms with Gasteiger partial charge in [-0.1, -0.05) is 87.9 Å². The Hall–Kier alpha value is -3.00. The Bertz CT molecular complexity index is 1300. The van der Waals surface area contributed by atoms with Crippen molar-refractivity contribution in [3.8, 4) is 0 Å². The van der Waals surface area contributed by atoms with Crippen LogP contribution in [0.3, 0.4) is 0 Å². The van der Waals surface area contributed by atoms with E-state index in [0.29, 0.717) is 29.5 Å². The van der Waals surface area contributed by atoms with Gasteiger partial charge in [-0.05, 0) is 36.5 Å². The van der Waals surface area contributed by atoms with E-state index >= 15 is 0 Å². The monoisotopic (exact) mass is 524 g/mol. The van der Waals surface area contributed by atoms with Crippen LogP contribution < -0.4 is 5.73 Å². The molecule has 1 heterocycles. The number of benzene rings is 2. The van der Waals surface area contributed by atoms with Crippen LogP contribution in [0.4, 0.5) is 0 Å². The van der Waals surface area contributed by atoms with E-state index in [-0.39, 0.29) is 24.0 Å². The van der Waals surface area contributed by atoms with Crippen molar-refractivity contribution >= 4 is 32.6 Å². The van der Waals surface area contributed by atoms with Crippen LogP contribution in [-0.4, -0.2) is 30.8 Å². The number of para-hydroxylation sites is 2. The highest BCUT2D eigenvalue weighted by Gasteiger charge is 2.52. The normalized spacial score (nSPS) is 17.3. The summed E-state index contributed by atoms with van der Waals surface area (Å²) in [7, 11) is -3.80. The van der Waals surface area contributed by atoms with E-state index in [9.17, 15) is 18.0 Å². The molecule has 2 N–H and O–H groups in total. The van der Waals surface area contributed by atoms with Crippen LogP contribution in [0, 0.1) is 17.3 Å². The number of ketones is 1. The molecule has 198 valence electrons. The number of nitrogens with zero attached hydrogens (tertiary/aromatic N) is 1. The first-order valence-electron chi connectivity index (χ1n) is 13.2. The van der Waals surface area contributed by atoms with E-state index in [1.165, 1.54) is 0 Å². The number of aromatic nitrogens is 1. The number of Topliss-reactive ketones (excluding diaryl/α,β-unsaturated/α-hetero) is 1. The summed E-state index contributed by atoms with van der Waals surface area (Å²) in [6.45, 7) is 1.91. The van der Waals surface area contributed by atoms with Crippen molar-refractivity contribution in [3.05, 3.63) is 66.1 Å².